The third kappa shape index (κ3) is 18.6. The Morgan fingerprint density at radius 3 is 0.947 bits per heavy atom. The maximum Gasteiger partial charge on any atom is 0.191 e. The second-order valence-electron chi connectivity index (χ2n) is 2.79. The van der Waals surface area contributed by atoms with Gasteiger partial charge in [-0.2, -0.15) is 0 Å². The summed E-state index contributed by atoms with van der Waals surface area (Å²) in [4.78, 5) is 11.2. The third-order valence-corrected chi connectivity index (χ3v) is 1.37. The summed E-state index contributed by atoms with van der Waals surface area (Å²) in [6.07, 6.45) is 16.2. The molecule has 0 saturated heterocycles. The van der Waals surface area contributed by atoms with Crippen LogP contribution in [0.1, 0.15) is 0 Å². The molecule has 19 heavy (non-hydrogen) atoms. The fraction of sp³-hybridized carbons (Fsp3) is 0. The highest BCUT2D eigenvalue weighted by Crippen LogP contribution is 1.64. The number of quaternary nitrogens is 3. The van der Waals surface area contributed by atoms with E-state index in [1.54, 1.807) is 37.6 Å². The first kappa shape index (κ1) is 17.1. The van der Waals surface area contributed by atoms with E-state index in [2.05, 4.69) is 15.0 Å². The molecule has 0 aliphatic carbocycles. The fourth-order valence-electron chi connectivity index (χ4n) is 0.745. The van der Waals surface area contributed by atoms with Crippen LogP contribution in [0, 0.1) is 0 Å². The Labute approximate surface area is 110 Å². The molecule has 0 radical (unpaired) electrons. The first-order valence-corrected chi connectivity index (χ1v) is 5.26. The number of rotatable bonds is 0. The van der Waals surface area contributed by atoms with Gasteiger partial charge < -0.3 is 15.1 Å². The molecule has 0 amide bonds. The molecule has 9 nitrogen and oxygen atoms in total. The minimum atomic E-state index is -2.92. The molecule has 0 aromatic carbocycles. The molecule has 3 heterocycles. The average molecular weight is 266 g/mol. The van der Waals surface area contributed by atoms with Crippen molar-refractivity contribution in [2.45, 2.75) is 0 Å². The van der Waals surface area contributed by atoms with Crippen LogP contribution >= 0.6 is 0 Å². The Balaban J connectivity index is 0.000000229. The summed E-state index contributed by atoms with van der Waals surface area (Å²) in [6, 6.07) is 0. The molecule has 3 aliphatic heterocycles. The van der Waals surface area contributed by atoms with Crippen molar-refractivity contribution >= 4 is 26.3 Å². The maximum absolute atomic E-state index is 8.42. The summed E-state index contributed by atoms with van der Waals surface area (Å²) in [5.41, 5.74) is 0. The number of nitrogens with two attached hydrogens (primary N) is 3. The molecule has 0 spiro atoms. The van der Waals surface area contributed by atoms with E-state index in [-0.39, 0.29) is 0 Å². The SMILES string of the molecule is C1=C[NH2+]C=N1.C1=C[NH2+]C=N1.C1=C[NH2+]C=N1.[O-]B([O-])[O-]. The smallest absolute Gasteiger partial charge is 0.191 e. The van der Waals surface area contributed by atoms with Crippen molar-refractivity contribution in [1.29, 1.82) is 0 Å². The molecule has 102 valence electrons. The van der Waals surface area contributed by atoms with E-state index in [4.69, 9.17) is 15.1 Å². The molecule has 0 unspecified atom stereocenters. The molecular formula is C9H15BN6O3. The second-order valence-corrected chi connectivity index (χ2v) is 2.79. The summed E-state index contributed by atoms with van der Waals surface area (Å²) < 4.78 is 0. The van der Waals surface area contributed by atoms with Crippen LogP contribution in [0.25, 0.3) is 0 Å². The predicted octanol–water partition coefficient (Wildman–Crippen LogP) is -6.76. The Hall–Kier alpha value is -1.95. The minimum absolute atomic E-state index is 1.75. The van der Waals surface area contributed by atoms with Gasteiger partial charge in [0.05, 0.1) is 18.6 Å². The molecule has 0 aromatic rings. The lowest BCUT2D eigenvalue weighted by Crippen LogP contribution is -2.74. The van der Waals surface area contributed by atoms with Gasteiger partial charge in [0.2, 0.25) is 0 Å². The maximum atomic E-state index is 8.42. The Morgan fingerprint density at radius 1 is 0.632 bits per heavy atom. The molecule has 0 bridgehead atoms. The van der Waals surface area contributed by atoms with E-state index in [1.165, 1.54) is 0 Å². The monoisotopic (exact) mass is 266 g/mol. The van der Waals surface area contributed by atoms with E-state index in [0.29, 0.717) is 0 Å². The van der Waals surface area contributed by atoms with Gasteiger partial charge in [-0.1, -0.05) is 0 Å². The van der Waals surface area contributed by atoms with Gasteiger partial charge in [-0.05, 0) is 0 Å². The number of aliphatic imine (C=N–C) groups is 3. The normalized spacial score (nSPS) is 15.3. The quantitative estimate of drug-likeness (QED) is 0.373. The Kier molecular flexibility index (Phi) is 12.7. The molecule has 0 atom stereocenters. The Bertz CT molecular complexity index is 293. The topological polar surface area (TPSA) is 156 Å². The van der Waals surface area contributed by atoms with E-state index in [0.717, 1.165) is 0 Å². The molecule has 0 aromatic heterocycles. The lowest BCUT2D eigenvalue weighted by Gasteiger charge is -2.35. The molecule has 10 heteroatoms. The van der Waals surface area contributed by atoms with Crippen molar-refractivity contribution < 1.29 is 31.0 Å². The molecule has 0 fully saturated rings. The van der Waals surface area contributed by atoms with Gasteiger partial charge in [0.25, 0.3) is 0 Å². The highest BCUT2D eigenvalue weighted by Gasteiger charge is 1.77. The van der Waals surface area contributed by atoms with Crippen molar-refractivity contribution in [3.05, 3.63) is 37.2 Å². The highest BCUT2D eigenvalue weighted by molar-refractivity contribution is 6.24. The first-order chi connectivity index (χ1) is 9.23. The van der Waals surface area contributed by atoms with Crippen molar-refractivity contribution in [3.63, 3.8) is 0 Å². The van der Waals surface area contributed by atoms with E-state index in [1.807, 2.05) is 34.6 Å². The number of hydrogen-bond acceptors (Lipinski definition) is 6. The average Bonchev–Trinajstić information content (AvgIpc) is 3.18. The van der Waals surface area contributed by atoms with Gasteiger partial charge >= 0.3 is 0 Å². The Morgan fingerprint density at radius 2 is 0.895 bits per heavy atom. The van der Waals surface area contributed by atoms with Gasteiger partial charge in [-0.15, -0.1) is 0 Å². The zero-order valence-corrected chi connectivity index (χ0v) is 10.1. The molecule has 0 saturated carbocycles. The van der Waals surface area contributed by atoms with Crippen LogP contribution in [-0.2, 0) is 0 Å². The predicted molar refractivity (Wildman–Crippen MR) is 64.4 cm³/mol. The van der Waals surface area contributed by atoms with E-state index < -0.39 is 7.32 Å². The van der Waals surface area contributed by atoms with Crippen LogP contribution in [0.4, 0.5) is 0 Å². The van der Waals surface area contributed by atoms with Crippen molar-refractivity contribution in [3.8, 4) is 0 Å². The molecule has 3 rings (SSSR count). The third-order valence-electron chi connectivity index (χ3n) is 1.37. The second kappa shape index (κ2) is 14.1. The standard InChI is InChI=1S/3C3H4N2.BO3/c3*1-2-5-3-4-1;2-1(3)4/h3*1-3H,(H,4,5);/q;;;-3/p+3. The van der Waals surface area contributed by atoms with Gasteiger partial charge in [-0.25, -0.2) is 15.0 Å². The zero-order chi connectivity index (χ0) is 14.2. The van der Waals surface area contributed by atoms with Crippen LogP contribution in [0.3, 0.4) is 0 Å². The van der Waals surface area contributed by atoms with Crippen LogP contribution < -0.4 is 31.0 Å². The van der Waals surface area contributed by atoms with Crippen LogP contribution in [-0.4, -0.2) is 26.3 Å². The van der Waals surface area contributed by atoms with Gasteiger partial charge in [0.15, 0.2) is 19.0 Å². The van der Waals surface area contributed by atoms with Crippen molar-refractivity contribution in [1.82, 2.24) is 0 Å². The largest absolute Gasteiger partial charge is 0.907 e. The molecule has 3 aliphatic rings. The van der Waals surface area contributed by atoms with Gasteiger partial charge in [0.1, 0.15) is 18.6 Å². The highest BCUT2D eigenvalue weighted by atomic mass is 16.5. The van der Waals surface area contributed by atoms with Crippen LogP contribution in [0.2, 0.25) is 0 Å². The first-order valence-electron chi connectivity index (χ1n) is 5.26. The van der Waals surface area contributed by atoms with Gasteiger partial charge in [-0.3, -0.25) is 23.3 Å². The summed E-state index contributed by atoms with van der Waals surface area (Å²) >= 11 is 0. The van der Waals surface area contributed by atoms with Crippen LogP contribution in [0.15, 0.2) is 52.2 Å². The van der Waals surface area contributed by atoms with Crippen molar-refractivity contribution in [2.75, 3.05) is 0 Å². The van der Waals surface area contributed by atoms with Gasteiger partial charge in [0, 0.05) is 0 Å². The lowest BCUT2D eigenvalue weighted by atomic mass is 10.3. The number of nitrogens with zero attached hydrogens (tertiary/aromatic N) is 3. The molecule has 6 N–H and O–H groups in total. The van der Waals surface area contributed by atoms with Crippen molar-refractivity contribution in [2.24, 2.45) is 15.0 Å². The summed E-state index contributed by atoms with van der Waals surface area (Å²) in [5.74, 6) is 0. The summed E-state index contributed by atoms with van der Waals surface area (Å²) in [7, 11) is -2.92. The van der Waals surface area contributed by atoms with Crippen LogP contribution in [0.5, 0.6) is 0 Å². The number of hydrogen-bond donors (Lipinski definition) is 3. The summed E-state index contributed by atoms with van der Waals surface area (Å²) in [6.45, 7) is 0. The molecular weight excluding hydrogens is 251 g/mol. The lowest BCUT2D eigenvalue weighted by molar-refractivity contribution is -0.479. The fourth-order valence-corrected chi connectivity index (χ4v) is 0.745. The zero-order valence-electron chi connectivity index (χ0n) is 10.1. The minimum Gasteiger partial charge on any atom is -0.907 e. The van der Waals surface area contributed by atoms with E-state index in [9.17, 15) is 0 Å². The summed E-state index contributed by atoms with van der Waals surface area (Å²) in [5, 5.41) is 30.9. The van der Waals surface area contributed by atoms with E-state index >= 15 is 0 Å².